The second-order valence-electron chi connectivity index (χ2n) is 2.28. The van der Waals surface area contributed by atoms with E-state index in [0.717, 1.165) is 0 Å². The molecular weight excluding hydrogens is 243 g/mol. The summed E-state index contributed by atoms with van der Waals surface area (Å²) in [5, 5.41) is 9.74. The minimum atomic E-state index is -0.695. The molecule has 0 aromatic carbocycles. The monoisotopic (exact) mass is 250 g/mol. The normalized spacial score (nSPS) is 13.0. The summed E-state index contributed by atoms with van der Waals surface area (Å²) in [5.41, 5.74) is 5.95. The first-order valence-electron chi connectivity index (χ1n) is 3.34. The zero-order chi connectivity index (χ0) is 9.14. The van der Waals surface area contributed by atoms with Gasteiger partial charge in [0, 0.05) is 22.8 Å². The van der Waals surface area contributed by atoms with Gasteiger partial charge in [-0.3, -0.25) is 0 Å². The molecule has 3 nitrogen and oxygen atoms in total. The molecule has 0 spiro atoms. The van der Waals surface area contributed by atoms with Gasteiger partial charge in [-0.2, -0.15) is 0 Å². The molecule has 1 aromatic heterocycles. The van der Waals surface area contributed by atoms with Gasteiger partial charge in [0.05, 0.1) is 6.10 Å². The largest absolute Gasteiger partial charge is 0.387 e. The molecular formula is C7H8BrClN2O. The number of halogens is 2. The lowest BCUT2D eigenvalue weighted by Gasteiger charge is -2.09. The van der Waals surface area contributed by atoms with E-state index >= 15 is 0 Å². The summed E-state index contributed by atoms with van der Waals surface area (Å²) in [5.74, 6) is 0. The molecule has 1 rings (SSSR count). The zero-order valence-electron chi connectivity index (χ0n) is 6.17. The van der Waals surface area contributed by atoms with E-state index in [1.165, 1.54) is 6.20 Å². The van der Waals surface area contributed by atoms with Crippen LogP contribution in [0.2, 0.25) is 5.15 Å². The Morgan fingerprint density at radius 2 is 2.42 bits per heavy atom. The Hall–Kier alpha value is -0.160. The third-order valence-corrected chi connectivity index (χ3v) is 2.30. The number of aromatic nitrogens is 1. The maximum atomic E-state index is 9.39. The molecule has 1 atom stereocenters. The van der Waals surface area contributed by atoms with E-state index in [-0.39, 0.29) is 6.54 Å². The van der Waals surface area contributed by atoms with Crippen molar-refractivity contribution in [2.45, 2.75) is 6.10 Å². The van der Waals surface area contributed by atoms with Crippen LogP contribution in [-0.4, -0.2) is 16.6 Å². The first-order valence-corrected chi connectivity index (χ1v) is 4.51. The van der Waals surface area contributed by atoms with E-state index in [1.54, 1.807) is 6.07 Å². The first kappa shape index (κ1) is 9.92. The van der Waals surface area contributed by atoms with Gasteiger partial charge in [-0.1, -0.05) is 11.6 Å². The first-order chi connectivity index (χ1) is 5.65. The molecule has 0 aliphatic heterocycles. The summed E-state index contributed by atoms with van der Waals surface area (Å²) >= 11 is 8.87. The number of nitrogens with zero attached hydrogens (tertiary/aromatic N) is 1. The minimum absolute atomic E-state index is 0.166. The topological polar surface area (TPSA) is 59.1 Å². The van der Waals surface area contributed by atoms with Crippen molar-refractivity contribution in [1.82, 2.24) is 4.98 Å². The van der Waals surface area contributed by atoms with Crippen LogP contribution in [0.4, 0.5) is 0 Å². The van der Waals surface area contributed by atoms with Gasteiger partial charge < -0.3 is 10.8 Å². The standard InChI is InChI=1S/C7H8BrClN2O/c8-5-3-11-7(9)1-4(5)6(12)2-10/h1,3,6,12H,2,10H2/t6-/m1/s1. The number of nitrogens with two attached hydrogens (primary N) is 1. The van der Waals surface area contributed by atoms with Crippen LogP contribution in [0.3, 0.4) is 0 Å². The second kappa shape index (κ2) is 4.18. The smallest absolute Gasteiger partial charge is 0.129 e. The highest BCUT2D eigenvalue weighted by Gasteiger charge is 2.09. The van der Waals surface area contributed by atoms with Crippen LogP contribution in [0.1, 0.15) is 11.7 Å². The van der Waals surface area contributed by atoms with Crippen LogP contribution in [0.5, 0.6) is 0 Å². The average molecular weight is 252 g/mol. The molecule has 1 aromatic rings. The summed E-state index contributed by atoms with van der Waals surface area (Å²) in [6.45, 7) is 0.166. The van der Waals surface area contributed by atoms with Crippen molar-refractivity contribution >= 4 is 27.5 Å². The van der Waals surface area contributed by atoms with Crippen molar-refractivity contribution in [2.75, 3.05) is 6.54 Å². The Kier molecular flexibility index (Phi) is 3.46. The molecule has 0 saturated heterocycles. The van der Waals surface area contributed by atoms with E-state index < -0.39 is 6.10 Å². The number of hydrogen-bond donors (Lipinski definition) is 2. The fourth-order valence-electron chi connectivity index (χ4n) is 0.810. The highest BCUT2D eigenvalue weighted by atomic mass is 79.9. The minimum Gasteiger partial charge on any atom is -0.387 e. The van der Waals surface area contributed by atoms with Gasteiger partial charge in [-0.05, 0) is 22.0 Å². The Morgan fingerprint density at radius 1 is 1.75 bits per heavy atom. The quantitative estimate of drug-likeness (QED) is 0.783. The Labute approximate surface area is 83.7 Å². The van der Waals surface area contributed by atoms with Crippen molar-refractivity contribution in [2.24, 2.45) is 5.73 Å². The number of rotatable bonds is 2. The highest BCUT2D eigenvalue weighted by Crippen LogP contribution is 2.24. The number of pyridine rings is 1. The molecule has 1 heterocycles. The third-order valence-electron chi connectivity index (χ3n) is 1.43. The lowest BCUT2D eigenvalue weighted by atomic mass is 10.1. The van der Waals surface area contributed by atoms with Gasteiger partial charge in [-0.25, -0.2) is 4.98 Å². The maximum absolute atomic E-state index is 9.39. The summed E-state index contributed by atoms with van der Waals surface area (Å²) in [6, 6.07) is 1.59. The van der Waals surface area contributed by atoms with E-state index in [2.05, 4.69) is 20.9 Å². The Balaban J connectivity index is 3.04. The van der Waals surface area contributed by atoms with Crippen LogP contribution in [0.25, 0.3) is 0 Å². The summed E-state index contributed by atoms with van der Waals surface area (Å²) in [4.78, 5) is 3.82. The molecule has 5 heteroatoms. The van der Waals surface area contributed by atoms with Gasteiger partial charge in [0.2, 0.25) is 0 Å². The highest BCUT2D eigenvalue weighted by molar-refractivity contribution is 9.10. The fraction of sp³-hybridized carbons (Fsp3) is 0.286. The zero-order valence-corrected chi connectivity index (χ0v) is 8.51. The molecule has 0 saturated carbocycles. The second-order valence-corrected chi connectivity index (χ2v) is 3.52. The van der Waals surface area contributed by atoms with Gasteiger partial charge in [0.25, 0.3) is 0 Å². The predicted octanol–water partition coefficient (Wildman–Crippen LogP) is 1.49. The molecule has 0 amide bonds. The van der Waals surface area contributed by atoms with Gasteiger partial charge in [0.15, 0.2) is 0 Å². The van der Waals surface area contributed by atoms with E-state index in [4.69, 9.17) is 17.3 Å². The molecule has 0 bridgehead atoms. The maximum Gasteiger partial charge on any atom is 0.129 e. The molecule has 3 N–H and O–H groups in total. The molecule has 0 fully saturated rings. The molecule has 0 aliphatic carbocycles. The van der Waals surface area contributed by atoms with E-state index in [1.807, 2.05) is 0 Å². The van der Waals surface area contributed by atoms with E-state index in [9.17, 15) is 5.11 Å². The molecule has 12 heavy (non-hydrogen) atoms. The SMILES string of the molecule is NC[C@@H](O)c1cc(Cl)ncc1Br. The van der Waals surface area contributed by atoms with Crippen LogP contribution in [-0.2, 0) is 0 Å². The summed E-state index contributed by atoms with van der Waals surface area (Å²) in [7, 11) is 0. The van der Waals surface area contributed by atoms with Crippen molar-refractivity contribution in [3.05, 3.63) is 27.5 Å². The van der Waals surface area contributed by atoms with Crippen molar-refractivity contribution in [3.63, 3.8) is 0 Å². The van der Waals surface area contributed by atoms with Crippen molar-refractivity contribution < 1.29 is 5.11 Å². The Bertz CT molecular complexity index is 282. The molecule has 0 radical (unpaired) electrons. The van der Waals surface area contributed by atoms with Crippen molar-refractivity contribution in [1.29, 1.82) is 0 Å². The summed E-state index contributed by atoms with van der Waals surface area (Å²) < 4.78 is 0.713. The Morgan fingerprint density at radius 3 is 3.00 bits per heavy atom. The lowest BCUT2D eigenvalue weighted by Crippen LogP contribution is -2.12. The lowest BCUT2D eigenvalue weighted by molar-refractivity contribution is 0.186. The average Bonchev–Trinajstić information content (AvgIpc) is 2.08. The summed E-state index contributed by atoms with van der Waals surface area (Å²) in [6.07, 6.45) is 0.844. The molecule has 0 aliphatic rings. The van der Waals surface area contributed by atoms with Gasteiger partial charge >= 0.3 is 0 Å². The van der Waals surface area contributed by atoms with Crippen LogP contribution < -0.4 is 5.73 Å². The molecule has 0 unspecified atom stereocenters. The van der Waals surface area contributed by atoms with Gasteiger partial charge in [0.1, 0.15) is 5.15 Å². The number of aliphatic hydroxyl groups is 1. The molecule has 66 valence electrons. The number of aliphatic hydroxyl groups excluding tert-OH is 1. The van der Waals surface area contributed by atoms with Gasteiger partial charge in [-0.15, -0.1) is 0 Å². The van der Waals surface area contributed by atoms with E-state index in [0.29, 0.717) is 15.2 Å². The third kappa shape index (κ3) is 2.17. The number of hydrogen-bond acceptors (Lipinski definition) is 3. The van der Waals surface area contributed by atoms with Crippen LogP contribution >= 0.6 is 27.5 Å². The van der Waals surface area contributed by atoms with Crippen LogP contribution in [0.15, 0.2) is 16.7 Å². The van der Waals surface area contributed by atoms with Crippen molar-refractivity contribution in [3.8, 4) is 0 Å². The fourth-order valence-corrected chi connectivity index (χ4v) is 1.46. The predicted molar refractivity (Wildman–Crippen MR) is 51.0 cm³/mol. The van der Waals surface area contributed by atoms with Crippen LogP contribution in [0, 0.1) is 0 Å².